The molecule has 30 heavy (non-hydrogen) atoms. The molecule has 1 aliphatic rings. The van der Waals surface area contributed by atoms with Crippen LogP contribution in [-0.4, -0.2) is 20.2 Å². The molecule has 0 radical (unpaired) electrons. The van der Waals surface area contributed by atoms with E-state index in [2.05, 4.69) is 21.1 Å². The number of fused-ring (bicyclic) bond motifs is 1. The molecule has 0 spiro atoms. The van der Waals surface area contributed by atoms with Crippen LogP contribution in [0, 0.1) is 11.3 Å². The van der Waals surface area contributed by atoms with Gasteiger partial charge in [0, 0.05) is 23.4 Å². The second-order valence-electron chi connectivity index (χ2n) is 6.60. The van der Waals surface area contributed by atoms with Crippen molar-refractivity contribution in [2.75, 3.05) is 5.32 Å². The second-order valence-corrected chi connectivity index (χ2v) is 8.18. The molecule has 0 saturated heterocycles. The number of hydrogen-bond donors (Lipinski definition) is 2. The highest BCUT2D eigenvalue weighted by Crippen LogP contribution is 2.26. The van der Waals surface area contributed by atoms with Gasteiger partial charge in [-0.15, -0.1) is 4.40 Å². The summed E-state index contributed by atoms with van der Waals surface area (Å²) in [6, 6.07) is 22.3. The van der Waals surface area contributed by atoms with Gasteiger partial charge in [0.05, 0.1) is 11.6 Å². The van der Waals surface area contributed by atoms with Crippen LogP contribution in [0.1, 0.15) is 27.0 Å². The predicted octanol–water partition coefficient (Wildman–Crippen LogP) is 3.05. The first-order valence-corrected chi connectivity index (χ1v) is 10.5. The largest absolute Gasteiger partial charge is 0.348 e. The zero-order valence-electron chi connectivity index (χ0n) is 15.7. The van der Waals surface area contributed by atoms with Crippen molar-refractivity contribution in [3.05, 3.63) is 95.1 Å². The Hall–Kier alpha value is -3.96. The number of nitriles is 1. The summed E-state index contributed by atoms with van der Waals surface area (Å²) in [7, 11) is -3.69. The molecule has 148 valence electrons. The summed E-state index contributed by atoms with van der Waals surface area (Å²) in [5.74, 6) is 0.0145. The fourth-order valence-corrected chi connectivity index (χ4v) is 4.19. The molecule has 0 saturated carbocycles. The lowest BCUT2D eigenvalue weighted by Gasteiger charge is -2.09. The highest BCUT2D eigenvalue weighted by Gasteiger charge is 2.28. The van der Waals surface area contributed by atoms with E-state index in [4.69, 9.17) is 5.26 Å². The van der Waals surface area contributed by atoms with Gasteiger partial charge in [-0.1, -0.05) is 24.3 Å². The Bertz CT molecular complexity index is 1290. The maximum Gasteiger partial charge on any atom is 0.285 e. The minimum Gasteiger partial charge on any atom is -0.348 e. The molecule has 0 atom stereocenters. The molecule has 0 fully saturated rings. The van der Waals surface area contributed by atoms with Crippen LogP contribution in [0.25, 0.3) is 0 Å². The van der Waals surface area contributed by atoms with Crippen molar-refractivity contribution >= 4 is 27.5 Å². The van der Waals surface area contributed by atoms with E-state index in [0.29, 0.717) is 28.9 Å². The maximum absolute atomic E-state index is 12.4. The number of hydrogen-bond acceptors (Lipinski definition) is 5. The first-order valence-electron chi connectivity index (χ1n) is 9.05. The van der Waals surface area contributed by atoms with E-state index < -0.39 is 10.0 Å². The third-order valence-corrected chi connectivity index (χ3v) is 5.91. The van der Waals surface area contributed by atoms with Crippen LogP contribution in [0.2, 0.25) is 0 Å². The normalized spacial score (nSPS) is 13.6. The van der Waals surface area contributed by atoms with E-state index in [-0.39, 0.29) is 16.6 Å². The second kappa shape index (κ2) is 7.81. The van der Waals surface area contributed by atoms with Gasteiger partial charge in [0.1, 0.15) is 4.90 Å². The number of rotatable bonds is 4. The smallest absolute Gasteiger partial charge is 0.285 e. The van der Waals surface area contributed by atoms with Crippen molar-refractivity contribution in [1.29, 1.82) is 5.26 Å². The van der Waals surface area contributed by atoms with Crippen molar-refractivity contribution in [2.45, 2.75) is 11.4 Å². The van der Waals surface area contributed by atoms with Crippen LogP contribution in [-0.2, 0) is 16.6 Å². The molecular weight excluding hydrogens is 400 g/mol. The molecular formula is C22H16N4O3S. The number of benzene rings is 3. The molecule has 0 aliphatic carbocycles. The number of nitrogens with one attached hydrogen (secondary N) is 2. The lowest BCUT2D eigenvalue weighted by atomic mass is 10.1. The third kappa shape index (κ3) is 3.92. The average Bonchev–Trinajstić information content (AvgIpc) is 3.03. The van der Waals surface area contributed by atoms with E-state index in [1.165, 1.54) is 6.07 Å². The fraction of sp³-hybridized carbons (Fsp3) is 0.0455. The lowest BCUT2D eigenvalue weighted by Crippen LogP contribution is -2.22. The molecule has 0 unspecified atom stereocenters. The Morgan fingerprint density at radius 2 is 1.67 bits per heavy atom. The fourth-order valence-electron chi connectivity index (χ4n) is 3.02. The molecule has 1 aliphatic heterocycles. The van der Waals surface area contributed by atoms with Crippen LogP contribution in [0.4, 0.5) is 5.69 Å². The Kier molecular flexibility index (Phi) is 5.04. The highest BCUT2D eigenvalue weighted by molar-refractivity contribution is 7.90. The van der Waals surface area contributed by atoms with Crippen molar-refractivity contribution < 1.29 is 13.2 Å². The highest BCUT2D eigenvalue weighted by atomic mass is 32.2. The lowest BCUT2D eigenvalue weighted by molar-refractivity contribution is 0.0951. The van der Waals surface area contributed by atoms with E-state index in [1.54, 1.807) is 66.7 Å². The number of sulfonamides is 1. The third-order valence-electron chi connectivity index (χ3n) is 4.58. The quantitative estimate of drug-likeness (QED) is 0.679. The summed E-state index contributed by atoms with van der Waals surface area (Å²) >= 11 is 0. The molecule has 4 rings (SSSR count). The van der Waals surface area contributed by atoms with Gasteiger partial charge in [0.15, 0.2) is 5.84 Å². The Labute approximate surface area is 173 Å². The Balaban J connectivity index is 1.42. The minimum absolute atomic E-state index is 0.173. The molecule has 2 N–H and O–H groups in total. The number of amides is 1. The van der Waals surface area contributed by atoms with Crippen LogP contribution in [0.5, 0.6) is 0 Å². The predicted molar refractivity (Wildman–Crippen MR) is 113 cm³/mol. The van der Waals surface area contributed by atoms with E-state index in [1.807, 2.05) is 0 Å². The monoisotopic (exact) mass is 416 g/mol. The standard InChI is InChI=1S/C22H16N4O3S/c23-13-15-5-7-16(8-6-15)14-24-22(27)17-9-11-18(12-10-17)25-21-19-3-1-2-4-20(19)30(28,29)26-21/h1-12H,14H2,(H,24,27)(H,25,26). The van der Waals surface area contributed by atoms with Gasteiger partial charge >= 0.3 is 0 Å². The van der Waals surface area contributed by atoms with Crippen molar-refractivity contribution in [2.24, 2.45) is 4.40 Å². The van der Waals surface area contributed by atoms with E-state index >= 15 is 0 Å². The van der Waals surface area contributed by atoms with Gasteiger partial charge < -0.3 is 10.6 Å². The number of anilines is 1. The van der Waals surface area contributed by atoms with Gasteiger partial charge in [-0.2, -0.15) is 13.7 Å². The number of carbonyl (C=O) groups excluding carboxylic acids is 1. The first kappa shape index (κ1) is 19.4. The SMILES string of the molecule is N#Cc1ccc(CNC(=O)c2ccc(NC3=NS(=O)(=O)c4ccccc43)cc2)cc1. The summed E-state index contributed by atoms with van der Waals surface area (Å²) in [6.45, 7) is 0.343. The molecule has 3 aromatic carbocycles. The first-order chi connectivity index (χ1) is 14.5. The molecule has 3 aromatic rings. The van der Waals surface area contributed by atoms with Crippen LogP contribution < -0.4 is 10.6 Å². The zero-order valence-corrected chi connectivity index (χ0v) is 16.5. The van der Waals surface area contributed by atoms with Crippen LogP contribution >= 0.6 is 0 Å². The topological polar surface area (TPSA) is 111 Å². The summed E-state index contributed by atoms with van der Waals surface area (Å²) in [5.41, 5.74) is 3.05. The van der Waals surface area contributed by atoms with Gasteiger partial charge in [-0.25, -0.2) is 0 Å². The van der Waals surface area contributed by atoms with Gasteiger partial charge in [0.2, 0.25) is 0 Å². The van der Waals surface area contributed by atoms with Gasteiger partial charge in [-0.05, 0) is 54.1 Å². The van der Waals surface area contributed by atoms with Crippen molar-refractivity contribution in [1.82, 2.24) is 5.32 Å². The number of amidine groups is 1. The Morgan fingerprint density at radius 1 is 0.967 bits per heavy atom. The summed E-state index contributed by atoms with van der Waals surface area (Å²) in [5, 5.41) is 14.6. The van der Waals surface area contributed by atoms with E-state index in [0.717, 1.165) is 5.56 Å². The molecule has 0 aromatic heterocycles. The zero-order chi connectivity index (χ0) is 21.1. The molecule has 1 heterocycles. The summed E-state index contributed by atoms with van der Waals surface area (Å²) in [6.07, 6.45) is 0. The molecule has 0 bridgehead atoms. The van der Waals surface area contributed by atoms with Crippen molar-refractivity contribution in [3.63, 3.8) is 0 Å². The average molecular weight is 416 g/mol. The molecule has 8 heteroatoms. The van der Waals surface area contributed by atoms with Crippen LogP contribution in [0.15, 0.2) is 82.1 Å². The van der Waals surface area contributed by atoms with Crippen molar-refractivity contribution in [3.8, 4) is 6.07 Å². The van der Waals surface area contributed by atoms with Gasteiger partial charge in [-0.3, -0.25) is 4.79 Å². The van der Waals surface area contributed by atoms with Gasteiger partial charge in [0.25, 0.3) is 15.9 Å². The summed E-state index contributed by atoms with van der Waals surface area (Å²) in [4.78, 5) is 12.5. The summed E-state index contributed by atoms with van der Waals surface area (Å²) < 4.78 is 28.0. The maximum atomic E-state index is 12.4. The molecule has 7 nitrogen and oxygen atoms in total. The van der Waals surface area contributed by atoms with E-state index in [9.17, 15) is 13.2 Å². The number of nitrogens with zero attached hydrogens (tertiary/aromatic N) is 2. The van der Waals surface area contributed by atoms with Crippen LogP contribution in [0.3, 0.4) is 0 Å². The minimum atomic E-state index is -3.69. The molecule has 1 amide bonds. The number of carbonyl (C=O) groups is 1. The Morgan fingerprint density at radius 3 is 2.37 bits per heavy atom.